The largest absolute Gasteiger partial charge is 0.456 e. The maximum absolute atomic E-state index is 13.7. The quantitative estimate of drug-likeness (QED) is 0.435. The Bertz CT molecular complexity index is 1110. The lowest BCUT2D eigenvalue weighted by molar-refractivity contribution is 0.442. The van der Waals surface area contributed by atoms with E-state index in [1.165, 1.54) is 6.07 Å². The molecule has 6 heteroatoms. The predicted octanol–water partition coefficient (Wildman–Crippen LogP) is 6.27. The van der Waals surface area contributed by atoms with Crippen LogP contribution in [0.2, 0.25) is 5.02 Å². The number of nitrogens with one attached hydrogen (secondary N) is 1. The van der Waals surface area contributed by atoms with Crippen LogP contribution >= 0.6 is 11.6 Å². The van der Waals surface area contributed by atoms with Gasteiger partial charge in [-0.3, -0.25) is 0 Å². The highest BCUT2D eigenvalue weighted by atomic mass is 35.5. The summed E-state index contributed by atoms with van der Waals surface area (Å²) < 4.78 is 45.8. The summed E-state index contributed by atoms with van der Waals surface area (Å²) in [5, 5.41) is 5.32. The minimum atomic E-state index is -1.47. The molecular formula is C19H11ClF3NO. The Hall–Kier alpha value is -2.66. The zero-order chi connectivity index (χ0) is 17.6. The number of anilines is 1. The molecule has 25 heavy (non-hydrogen) atoms. The first kappa shape index (κ1) is 15.8. The Kier molecular flexibility index (Phi) is 3.81. The maximum atomic E-state index is 13.7. The second kappa shape index (κ2) is 6.01. The fourth-order valence-corrected chi connectivity index (χ4v) is 2.93. The molecule has 0 fully saturated rings. The number of benzene rings is 3. The van der Waals surface area contributed by atoms with E-state index in [9.17, 15) is 13.2 Å². The Morgan fingerprint density at radius 2 is 1.56 bits per heavy atom. The van der Waals surface area contributed by atoms with Gasteiger partial charge in [0.1, 0.15) is 11.2 Å². The first-order chi connectivity index (χ1) is 12.0. The number of halogens is 4. The van der Waals surface area contributed by atoms with Gasteiger partial charge in [-0.1, -0.05) is 17.7 Å². The molecule has 0 saturated heterocycles. The van der Waals surface area contributed by atoms with Crippen molar-refractivity contribution in [2.75, 3.05) is 5.32 Å². The van der Waals surface area contributed by atoms with Gasteiger partial charge in [0, 0.05) is 33.6 Å². The van der Waals surface area contributed by atoms with E-state index in [1.807, 2.05) is 12.1 Å². The van der Waals surface area contributed by atoms with Crippen molar-refractivity contribution in [3.63, 3.8) is 0 Å². The van der Waals surface area contributed by atoms with Crippen molar-refractivity contribution < 1.29 is 17.6 Å². The lowest BCUT2D eigenvalue weighted by atomic mass is 10.1. The molecule has 126 valence electrons. The van der Waals surface area contributed by atoms with E-state index < -0.39 is 17.5 Å². The predicted molar refractivity (Wildman–Crippen MR) is 92.4 cm³/mol. The summed E-state index contributed by atoms with van der Waals surface area (Å²) in [6, 6.07) is 12.9. The molecule has 4 aromatic rings. The highest BCUT2D eigenvalue weighted by Gasteiger charge is 2.13. The normalized spacial score (nSPS) is 11.4. The Morgan fingerprint density at radius 1 is 0.840 bits per heavy atom. The number of fused-ring (bicyclic) bond motifs is 3. The summed E-state index contributed by atoms with van der Waals surface area (Å²) in [6.45, 7) is 0.0189. The van der Waals surface area contributed by atoms with Gasteiger partial charge in [-0.05, 0) is 42.5 Å². The smallest absolute Gasteiger partial charge is 0.194 e. The molecule has 2 nitrogen and oxygen atoms in total. The fraction of sp³-hybridized carbons (Fsp3) is 0.0526. The van der Waals surface area contributed by atoms with E-state index in [2.05, 4.69) is 5.32 Å². The lowest BCUT2D eigenvalue weighted by Gasteiger charge is -2.08. The standard InChI is InChI=1S/C19H11ClF3NO/c20-11-2-5-16-13(7-11)14-8-12(3-6-17(14)25-16)24-9-10-1-4-15(21)19(23)18(10)22/h1-8,24H,9H2. The third-order valence-corrected chi connectivity index (χ3v) is 4.26. The van der Waals surface area contributed by atoms with Crippen LogP contribution in [0.4, 0.5) is 18.9 Å². The summed E-state index contributed by atoms with van der Waals surface area (Å²) in [7, 11) is 0. The van der Waals surface area contributed by atoms with Gasteiger partial charge in [-0.15, -0.1) is 0 Å². The summed E-state index contributed by atoms with van der Waals surface area (Å²) in [4.78, 5) is 0. The van der Waals surface area contributed by atoms with Crippen LogP contribution in [0.1, 0.15) is 5.56 Å². The van der Waals surface area contributed by atoms with Gasteiger partial charge in [-0.25, -0.2) is 13.2 Å². The van der Waals surface area contributed by atoms with Crippen molar-refractivity contribution in [1.29, 1.82) is 0 Å². The average Bonchev–Trinajstić information content (AvgIpc) is 2.96. The highest BCUT2D eigenvalue weighted by molar-refractivity contribution is 6.31. The molecule has 0 aliphatic rings. The van der Waals surface area contributed by atoms with Crippen LogP contribution in [0.25, 0.3) is 21.9 Å². The van der Waals surface area contributed by atoms with Crippen LogP contribution in [0, 0.1) is 17.5 Å². The first-order valence-electron chi connectivity index (χ1n) is 7.51. The van der Waals surface area contributed by atoms with Crippen molar-refractivity contribution in [2.45, 2.75) is 6.54 Å². The Labute approximate surface area is 145 Å². The van der Waals surface area contributed by atoms with Gasteiger partial charge in [0.05, 0.1) is 0 Å². The van der Waals surface area contributed by atoms with Crippen LogP contribution in [-0.4, -0.2) is 0 Å². The minimum absolute atomic E-state index is 0.0189. The first-order valence-corrected chi connectivity index (χ1v) is 7.89. The van der Waals surface area contributed by atoms with Gasteiger partial charge >= 0.3 is 0 Å². The van der Waals surface area contributed by atoms with Crippen molar-refractivity contribution >= 4 is 39.2 Å². The number of hydrogen-bond donors (Lipinski definition) is 1. The van der Waals surface area contributed by atoms with Gasteiger partial charge in [0.25, 0.3) is 0 Å². The molecule has 1 heterocycles. The van der Waals surface area contributed by atoms with E-state index in [1.54, 1.807) is 24.3 Å². The number of hydrogen-bond acceptors (Lipinski definition) is 2. The Morgan fingerprint density at radius 3 is 2.36 bits per heavy atom. The molecule has 0 unspecified atom stereocenters. The van der Waals surface area contributed by atoms with Crippen LogP contribution in [0.5, 0.6) is 0 Å². The summed E-state index contributed by atoms with van der Waals surface area (Å²) in [6.07, 6.45) is 0. The molecule has 0 spiro atoms. The third-order valence-electron chi connectivity index (χ3n) is 4.03. The maximum Gasteiger partial charge on any atom is 0.194 e. The molecule has 3 aromatic carbocycles. The van der Waals surface area contributed by atoms with Crippen molar-refractivity contribution in [3.8, 4) is 0 Å². The summed E-state index contributed by atoms with van der Waals surface area (Å²) in [5.41, 5.74) is 2.14. The molecule has 0 saturated carbocycles. The molecular weight excluding hydrogens is 351 g/mol. The van der Waals surface area contributed by atoms with E-state index in [0.29, 0.717) is 21.9 Å². The van der Waals surface area contributed by atoms with E-state index in [-0.39, 0.29) is 12.1 Å². The van der Waals surface area contributed by atoms with Gasteiger partial charge in [0.15, 0.2) is 17.5 Å². The molecule has 0 bridgehead atoms. The molecule has 0 aliphatic heterocycles. The van der Waals surface area contributed by atoms with Crippen molar-refractivity contribution in [1.82, 2.24) is 0 Å². The Balaban J connectivity index is 1.67. The molecule has 1 aromatic heterocycles. The van der Waals surface area contributed by atoms with Crippen LogP contribution in [0.15, 0.2) is 52.9 Å². The van der Waals surface area contributed by atoms with Gasteiger partial charge < -0.3 is 9.73 Å². The average molecular weight is 362 g/mol. The van der Waals surface area contributed by atoms with E-state index in [4.69, 9.17) is 16.0 Å². The van der Waals surface area contributed by atoms with Crippen LogP contribution < -0.4 is 5.32 Å². The highest BCUT2D eigenvalue weighted by Crippen LogP contribution is 2.32. The van der Waals surface area contributed by atoms with Gasteiger partial charge in [0.2, 0.25) is 0 Å². The summed E-state index contributed by atoms with van der Waals surface area (Å²) >= 11 is 6.04. The van der Waals surface area contributed by atoms with Gasteiger partial charge in [-0.2, -0.15) is 0 Å². The molecule has 0 atom stereocenters. The topological polar surface area (TPSA) is 25.2 Å². The molecule has 0 radical (unpaired) electrons. The number of rotatable bonds is 3. The van der Waals surface area contributed by atoms with Crippen molar-refractivity contribution in [3.05, 3.63) is 76.6 Å². The number of furan rings is 1. The monoisotopic (exact) mass is 361 g/mol. The fourth-order valence-electron chi connectivity index (χ4n) is 2.76. The van der Waals surface area contributed by atoms with E-state index in [0.717, 1.165) is 16.8 Å². The molecule has 0 amide bonds. The van der Waals surface area contributed by atoms with Crippen LogP contribution in [0.3, 0.4) is 0 Å². The molecule has 0 aliphatic carbocycles. The minimum Gasteiger partial charge on any atom is -0.456 e. The lowest BCUT2D eigenvalue weighted by Crippen LogP contribution is -2.04. The SMILES string of the molecule is Fc1ccc(CNc2ccc3oc4ccc(Cl)cc4c3c2)c(F)c1F. The van der Waals surface area contributed by atoms with Crippen molar-refractivity contribution in [2.24, 2.45) is 0 Å². The third kappa shape index (κ3) is 2.81. The molecule has 4 rings (SSSR count). The van der Waals surface area contributed by atoms with Crippen LogP contribution in [-0.2, 0) is 6.54 Å². The van der Waals surface area contributed by atoms with E-state index >= 15 is 0 Å². The molecule has 1 N–H and O–H groups in total. The zero-order valence-electron chi connectivity index (χ0n) is 12.7. The second-order valence-electron chi connectivity index (χ2n) is 5.64. The second-order valence-corrected chi connectivity index (χ2v) is 6.08. The summed E-state index contributed by atoms with van der Waals surface area (Å²) in [5.74, 6) is -3.86. The zero-order valence-corrected chi connectivity index (χ0v) is 13.5.